The number of carbonyl (C=O) groups is 2. The number of nitrogens with zero attached hydrogens (tertiary/aromatic N) is 2. The largest absolute Gasteiger partial charge is 0.346 e. The number of carbonyl (C=O) groups excluding carboxylic acids is 2. The lowest BCUT2D eigenvalue weighted by Crippen LogP contribution is -2.51. The standard InChI is InChI=1S/C14H14N4O2S/c19-12-13(20)18(7-5-15-12)9-10-1-3-11(4-2-10)17-14-16-6-8-21-14/h1-4,6,8H,5,7,9H2,(H,15,19)(H,16,17). The molecule has 0 unspecified atom stereocenters. The van der Waals surface area contributed by atoms with E-state index in [4.69, 9.17) is 0 Å². The quantitative estimate of drug-likeness (QED) is 0.836. The Morgan fingerprint density at radius 2 is 2.10 bits per heavy atom. The van der Waals surface area contributed by atoms with Crippen LogP contribution < -0.4 is 10.6 Å². The average Bonchev–Trinajstić information content (AvgIpc) is 2.99. The Kier molecular flexibility index (Phi) is 3.83. The average molecular weight is 302 g/mol. The van der Waals surface area contributed by atoms with Gasteiger partial charge in [-0.15, -0.1) is 11.3 Å². The fourth-order valence-corrected chi connectivity index (χ4v) is 2.65. The molecule has 2 N–H and O–H groups in total. The number of benzene rings is 1. The van der Waals surface area contributed by atoms with Crippen molar-refractivity contribution in [3.05, 3.63) is 41.4 Å². The third-order valence-electron chi connectivity index (χ3n) is 3.16. The number of hydrogen-bond donors (Lipinski definition) is 2. The van der Waals surface area contributed by atoms with Gasteiger partial charge in [0.15, 0.2) is 5.13 Å². The minimum Gasteiger partial charge on any atom is -0.346 e. The molecule has 3 rings (SSSR count). The molecule has 1 saturated heterocycles. The topological polar surface area (TPSA) is 74.3 Å². The summed E-state index contributed by atoms with van der Waals surface area (Å²) in [4.78, 5) is 28.7. The first-order valence-corrected chi connectivity index (χ1v) is 7.43. The minimum absolute atomic E-state index is 0.448. The molecule has 1 aromatic heterocycles. The third kappa shape index (κ3) is 3.19. The zero-order valence-electron chi connectivity index (χ0n) is 11.2. The number of piperazine rings is 1. The van der Waals surface area contributed by atoms with E-state index in [1.54, 1.807) is 11.1 Å². The highest BCUT2D eigenvalue weighted by atomic mass is 32.1. The van der Waals surface area contributed by atoms with Crippen LogP contribution in [0, 0.1) is 0 Å². The first-order chi connectivity index (χ1) is 10.2. The molecule has 6 nitrogen and oxygen atoms in total. The summed E-state index contributed by atoms with van der Waals surface area (Å²) in [5.74, 6) is -0.991. The van der Waals surface area contributed by atoms with E-state index in [9.17, 15) is 9.59 Å². The summed E-state index contributed by atoms with van der Waals surface area (Å²) in [6.07, 6.45) is 1.74. The van der Waals surface area contributed by atoms with Gasteiger partial charge in [-0.1, -0.05) is 12.1 Å². The minimum atomic E-state index is -0.525. The molecule has 7 heteroatoms. The lowest BCUT2D eigenvalue weighted by atomic mass is 10.2. The van der Waals surface area contributed by atoms with Crippen LogP contribution in [0.4, 0.5) is 10.8 Å². The SMILES string of the molecule is O=C1NCCN(Cc2ccc(Nc3nccs3)cc2)C1=O. The van der Waals surface area contributed by atoms with E-state index in [0.717, 1.165) is 16.4 Å². The summed E-state index contributed by atoms with van der Waals surface area (Å²) < 4.78 is 0. The first-order valence-electron chi connectivity index (χ1n) is 6.55. The van der Waals surface area contributed by atoms with E-state index >= 15 is 0 Å². The van der Waals surface area contributed by atoms with Crippen molar-refractivity contribution in [1.82, 2.24) is 15.2 Å². The van der Waals surface area contributed by atoms with Crippen molar-refractivity contribution >= 4 is 34.0 Å². The molecule has 2 heterocycles. The number of aromatic nitrogens is 1. The Balaban J connectivity index is 1.64. The van der Waals surface area contributed by atoms with Crippen LogP contribution >= 0.6 is 11.3 Å². The van der Waals surface area contributed by atoms with Crippen molar-refractivity contribution in [3.8, 4) is 0 Å². The zero-order valence-corrected chi connectivity index (χ0v) is 12.0. The van der Waals surface area contributed by atoms with Crippen LogP contribution in [-0.4, -0.2) is 34.8 Å². The molecule has 0 bridgehead atoms. The van der Waals surface area contributed by atoms with Gasteiger partial charge in [-0.25, -0.2) is 4.98 Å². The van der Waals surface area contributed by atoms with E-state index in [-0.39, 0.29) is 0 Å². The third-order valence-corrected chi connectivity index (χ3v) is 3.85. The summed E-state index contributed by atoms with van der Waals surface area (Å²) in [6, 6.07) is 7.75. The summed E-state index contributed by atoms with van der Waals surface area (Å²) in [5.41, 5.74) is 1.93. The second-order valence-corrected chi connectivity index (χ2v) is 5.54. The molecule has 1 aromatic carbocycles. The number of hydrogen-bond acceptors (Lipinski definition) is 5. The Hall–Kier alpha value is -2.41. The Bertz CT molecular complexity index is 640. The maximum atomic E-state index is 11.7. The van der Waals surface area contributed by atoms with Crippen LogP contribution in [-0.2, 0) is 16.1 Å². The van der Waals surface area contributed by atoms with Crippen molar-refractivity contribution < 1.29 is 9.59 Å². The molecule has 0 radical (unpaired) electrons. The monoisotopic (exact) mass is 302 g/mol. The molecule has 1 aliphatic heterocycles. The molecular weight excluding hydrogens is 288 g/mol. The molecule has 0 aliphatic carbocycles. The van der Waals surface area contributed by atoms with Crippen LogP contribution in [0.3, 0.4) is 0 Å². The highest BCUT2D eigenvalue weighted by Crippen LogP contribution is 2.19. The second kappa shape index (κ2) is 5.92. The van der Waals surface area contributed by atoms with E-state index in [1.165, 1.54) is 11.3 Å². The van der Waals surface area contributed by atoms with Crippen molar-refractivity contribution in [1.29, 1.82) is 0 Å². The van der Waals surface area contributed by atoms with E-state index in [0.29, 0.717) is 19.6 Å². The second-order valence-electron chi connectivity index (χ2n) is 4.64. The van der Waals surface area contributed by atoms with Gasteiger partial charge in [-0.3, -0.25) is 9.59 Å². The van der Waals surface area contributed by atoms with Gasteiger partial charge in [-0.05, 0) is 17.7 Å². The molecule has 0 atom stereocenters. The number of nitrogens with one attached hydrogen (secondary N) is 2. The molecular formula is C14H14N4O2S. The predicted octanol–water partition coefficient (Wildman–Crippen LogP) is 1.35. The van der Waals surface area contributed by atoms with Gasteiger partial charge in [0.2, 0.25) is 0 Å². The van der Waals surface area contributed by atoms with Crippen LogP contribution in [0.1, 0.15) is 5.56 Å². The maximum Gasteiger partial charge on any atom is 0.312 e. The molecule has 1 fully saturated rings. The van der Waals surface area contributed by atoms with Gasteiger partial charge in [0.1, 0.15) is 0 Å². The van der Waals surface area contributed by atoms with E-state index in [2.05, 4.69) is 15.6 Å². The predicted molar refractivity (Wildman–Crippen MR) is 80.3 cm³/mol. The van der Waals surface area contributed by atoms with Crippen LogP contribution in [0.25, 0.3) is 0 Å². The number of amides is 2. The van der Waals surface area contributed by atoms with Gasteiger partial charge >= 0.3 is 11.8 Å². The van der Waals surface area contributed by atoms with Gasteiger partial charge in [0.05, 0.1) is 0 Å². The van der Waals surface area contributed by atoms with E-state index in [1.807, 2.05) is 29.6 Å². The number of rotatable bonds is 4. The first kappa shape index (κ1) is 13.6. The van der Waals surface area contributed by atoms with E-state index < -0.39 is 11.8 Å². The van der Waals surface area contributed by atoms with Gasteiger partial charge < -0.3 is 15.5 Å². The summed E-state index contributed by atoms with van der Waals surface area (Å²) in [6.45, 7) is 1.50. The summed E-state index contributed by atoms with van der Waals surface area (Å²) in [5, 5.41) is 8.47. The van der Waals surface area contributed by atoms with Crippen LogP contribution in [0.5, 0.6) is 0 Å². The fourth-order valence-electron chi connectivity index (χ4n) is 2.10. The van der Waals surface area contributed by atoms with Gasteiger partial charge in [0.25, 0.3) is 0 Å². The molecule has 108 valence electrons. The maximum absolute atomic E-state index is 11.7. The van der Waals surface area contributed by atoms with Crippen molar-refractivity contribution in [2.45, 2.75) is 6.54 Å². The van der Waals surface area contributed by atoms with Crippen molar-refractivity contribution in [2.24, 2.45) is 0 Å². The Morgan fingerprint density at radius 3 is 2.81 bits per heavy atom. The lowest BCUT2D eigenvalue weighted by Gasteiger charge is -2.26. The van der Waals surface area contributed by atoms with Gasteiger partial charge in [0, 0.05) is 36.9 Å². The van der Waals surface area contributed by atoms with Gasteiger partial charge in [-0.2, -0.15) is 0 Å². The summed E-state index contributed by atoms with van der Waals surface area (Å²) >= 11 is 1.53. The Labute approximate surface area is 125 Å². The molecule has 2 aromatic rings. The Morgan fingerprint density at radius 1 is 1.29 bits per heavy atom. The van der Waals surface area contributed by atoms with Crippen LogP contribution in [0.2, 0.25) is 0 Å². The van der Waals surface area contributed by atoms with Crippen molar-refractivity contribution in [2.75, 3.05) is 18.4 Å². The lowest BCUT2D eigenvalue weighted by molar-refractivity contribution is -0.148. The zero-order chi connectivity index (χ0) is 14.7. The highest BCUT2D eigenvalue weighted by molar-refractivity contribution is 7.13. The highest BCUT2D eigenvalue weighted by Gasteiger charge is 2.25. The van der Waals surface area contributed by atoms with Crippen molar-refractivity contribution in [3.63, 3.8) is 0 Å². The molecule has 1 aliphatic rings. The molecule has 0 spiro atoms. The number of thiazole rings is 1. The normalized spacial score (nSPS) is 15.0. The molecule has 21 heavy (non-hydrogen) atoms. The summed E-state index contributed by atoms with van der Waals surface area (Å²) in [7, 11) is 0. The number of anilines is 2. The smallest absolute Gasteiger partial charge is 0.312 e. The molecule has 0 saturated carbocycles. The van der Waals surface area contributed by atoms with Crippen LogP contribution in [0.15, 0.2) is 35.8 Å². The molecule has 2 amide bonds. The fraction of sp³-hybridized carbons (Fsp3) is 0.214.